The maximum Gasteiger partial charge on any atom is 0.158 e. The Morgan fingerprint density at radius 1 is 1.11 bits per heavy atom. The van der Waals surface area contributed by atoms with Crippen molar-refractivity contribution in [3.05, 3.63) is 52.4 Å². The zero-order valence-corrected chi connectivity index (χ0v) is 11.2. The molecule has 5 nitrogen and oxygen atoms in total. The lowest BCUT2D eigenvalue weighted by atomic mass is 10.2. The molecule has 94 valence electrons. The van der Waals surface area contributed by atoms with Gasteiger partial charge in [0.1, 0.15) is 0 Å². The Morgan fingerprint density at radius 2 is 1.89 bits per heavy atom. The molecule has 2 aromatic rings. The largest absolute Gasteiger partial charge is 0.370 e. The number of ether oxygens (including phenoxy) is 1. The minimum absolute atomic E-state index is 0.425. The highest BCUT2D eigenvalue weighted by Gasteiger charge is 1.98. The lowest BCUT2D eigenvalue weighted by Crippen LogP contribution is -2.09. The summed E-state index contributed by atoms with van der Waals surface area (Å²) in [6.07, 6.45) is 3.20. The molecule has 0 amide bonds. The molecule has 1 heterocycles. The molecule has 3 N–H and O–H groups in total. The number of nitrogens with one attached hydrogen (secondary N) is 1. The average Bonchev–Trinajstić information content (AvgIpc) is 2.42. The van der Waals surface area contributed by atoms with E-state index in [1.165, 1.54) is 0 Å². The van der Waals surface area contributed by atoms with Gasteiger partial charge in [-0.25, -0.2) is 10.8 Å². The Balaban J connectivity index is 1.82. The van der Waals surface area contributed by atoms with Crippen LogP contribution in [-0.2, 0) is 18.0 Å². The van der Waals surface area contributed by atoms with Crippen LogP contribution in [0.15, 0.2) is 41.1 Å². The van der Waals surface area contributed by atoms with Gasteiger partial charge in [-0.3, -0.25) is 4.98 Å². The van der Waals surface area contributed by atoms with Gasteiger partial charge < -0.3 is 10.2 Å². The van der Waals surface area contributed by atoms with Crippen LogP contribution in [0.3, 0.4) is 0 Å². The number of aromatic nitrogens is 2. The van der Waals surface area contributed by atoms with Gasteiger partial charge in [-0.2, -0.15) is 0 Å². The van der Waals surface area contributed by atoms with Gasteiger partial charge in [0.05, 0.1) is 31.3 Å². The van der Waals surface area contributed by atoms with Gasteiger partial charge in [-0.1, -0.05) is 28.1 Å². The van der Waals surface area contributed by atoms with Gasteiger partial charge in [0.25, 0.3) is 0 Å². The maximum atomic E-state index is 5.55. The number of nitrogen functional groups attached to an aromatic ring is 1. The number of benzene rings is 1. The van der Waals surface area contributed by atoms with E-state index in [1.54, 1.807) is 12.4 Å². The minimum Gasteiger partial charge on any atom is -0.370 e. The summed E-state index contributed by atoms with van der Waals surface area (Å²) in [6.45, 7) is 0.972. The molecular weight excluding hydrogens is 296 g/mol. The normalized spacial score (nSPS) is 10.3. The van der Waals surface area contributed by atoms with E-state index in [-0.39, 0.29) is 0 Å². The van der Waals surface area contributed by atoms with Crippen LogP contribution in [0.25, 0.3) is 0 Å². The molecule has 0 bridgehead atoms. The van der Waals surface area contributed by atoms with Gasteiger partial charge in [0, 0.05) is 4.47 Å². The van der Waals surface area contributed by atoms with Crippen molar-refractivity contribution in [1.82, 2.24) is 9.97 Å². The monoisotopic (exact) mass is 308 g/mol. The molecule has 0 aliphatic heterocycles. The van der Waals surface area contributed by atoms with Crippen LogP contribution in [0.2, 0.25) is 0 Å². The van der Waals surface area contributed by atoms with Crippen LogP contribution in [0.1, 0.15) is 11.3 Å². The molecule has 0 saturated carbocycles. The lowest BCUT2D eigenvalue weighted by molar-refractivity contribution is 0.104. The SMILES string of the molecule is NNc1cnc(COCc2ccc(Br)cc2)cn1. The first-order valence-corrected chi connectivity index (χ1v) is 6.17. The van der Waals surface area contributed by atoms with E-state index < -0.39 is 0 Å². The summed E-state index contributed by atoms with van der Waals surface area (Å²) in [5.41, 5.74) is 4.31. The zero-order valence-electron chi connectivity index (χ0n) is 9.64. The number of hydrazine groups is 1. The van der Waals surface area contributed by atoms with Gasteiger partial charge in [-0.05, 0) is 17.7 Å². The summed E-state index contributed by atoms with van der Waals surface area (Å²) in [5, 5.41) is 0. The highest BCUT2D eigenvalue weighted by atomic mass is 79.9. The van der Waals surface area contributed by atoms with Crippen LogP contribution in [0.4, 0.5) is 5.82 Å². The summed E-state index contributed by atoms with van der Waals surface area (Å²) in [5.74, 6) is 5.73. The fraction of sp³-hybridized carbons (Fsp3) is 0.167. The first-order chi connectivity index (χ1) is 8.78. The standard InChI is InChI=1S/C12H13BrN4O/c13-10-3-1-9(2-4-10)7-18-8-11-5-16-12(17-14)6-15-11/h1-6H,7-8,14H2,(H,16,17). The molecule has 1 aromatic carbocycles. The van der Waals surface area contributed by atoms with Crippen LogP contribution in [-0.4, -0.2) is 9.97 Å². The van der Waals surface area contributed by atoms with E-state index in [4.69, 9.17) is 10.6 Å². The number of hydrogen-bond donors (Lipinski definition) is 2. The number of halogens is 1. The van der Waals surface area contributed by atoms with Gasteiger partial charge in [-0.15, -0.1) is 0 Å². The third-order valence-corrected chi connectivity index (χ3v) is 2.81. The van der Waals surface area contributed by atoms with Gasteiger partial charge in [0.15, 0.2) is 5.82 Å². The first kappa shape index (κ1) is 12.9. The second kappa shape index (κ2) is 6.44. The quantitative estimate of drug-likeness (QED) is 0.654. The predicted molar refractivity (Wildman–Crippen MR) is 72.5 cm³/mol. The molecule has 0 spiro atoms. The van der Waals surface area contributed by atoms with Gasteiger partial charge in [0.2, 0.25) is 0 Å². The summed E-state index contributed by atoms with van der Waals surface area (Å²) >= 11 is 3.39. The Labute approximate surface area is 113 Å². The molecule has 0 atom stereocenters. The second-order valence-corrected chi connectivity index (χ2v) is 4.57. The maximum absolute atomic E-state index is 5.55. The molecule has 2 rings (SSSR count). The van der Waals surface area contributed by atoms with E-state index in [0.717, 1.165) is 15.7 Å². The van der Waals surface area contributed by atoms with Crippen LogP contribution in [0, 0.1) is 0 Å². The van der Waals surface area contributed by atoms with Crippen molar-refractivity contribution >= 4 is 21.7 Å². The van der Waals surface area contributed by atoms with E-state index in [9.17, 15) is 0 Å². The fourth-order valence-corrected chi connectivity index (χ4v) is 1.62. The predicted octanol–water partition coefficient (Wildman–Crippen LogP) is 2.24. The molecule has 18 heavy (non-hydrogen) atoms. The Kier molecular flexibility index (Phi) is 4.63. The summed E-state index contributed by atoms with van der Waals surface area (Å²) < 4.78 is 6.61. The minimum atomic E-state index is 0.425. The number of anilines is 1. The third-order valence-electron chi connectivity index (χ3n) is 2.29. The molecule has 0 fully saturated rings. The molecule has 1 aromatic heterocycles. The Bertz CT molecular complexity index is 486. The highest BCUT2D eigenvalue weighted by molar-refractivity contribution is 9.10. The van der Waals surface area contributed by atoms with E-state index >= 15 is 0 Å². The summed E-state index contributed by atoms with van der Waals surface area (Å²) in [7, 11) is 0. The van der Waals surface area contributed by atoms with Crippen LogP contribution < -0.4 is 11.3 Å². The third kappa shape index (κ3) is 3.76. The lowest BCUT2D eigenvalue weighted by Gasteiger charge is -2.04. The van der Waals surface area contributed by atoms with Crippen molar-refractivity contribution in [2.75, 3.05) is 5.43 Å². The van der Waals surface area contributed by atoms with E-state index in [1.807, 2.05) is 24.3 Å². The van der Waals surface area contributed by atoms with Crippen molar-refractivity contribution in [3.8, 4) is 0 Å². The van der Waals surface area contributed by atoms with Crippen LogP contribution in [0.5, 0.6) is 0 Å². The molecule has 0 radical (unpaired) electrons. The van der Waals surface area contributed by atoms with Crippen molar-refractivity contribution in [1.29, 1.82) is 0 Å². The molecular formula is C12H13BrN4O. The van der Waals surface area contributed by atoms with E-state index in [2.05, 4.69) is 31.3 Å². The van der Waals surface area contributed by atoms with Crippen molar-refractivity contribution in [2.24, 2.45) is 5.84 Å². The average molecular weight is 309 g/mol. The number of nitrogens with two attached hydrogens (primary N) is 1. The summed E-state index contributed by atoms with van der Waals surface area (Å²) in [6, 6.07) is 7.99. The van der Waals surface area contributed by atoms with Crippen molar-refractivity contribution in [2.45, 2.75) is 13.2 Å². The first-order valence-electron chi connectivity index (χ1n) is 5.37. The Hall–Kier alpha value is -1.50. The smallest absolute Gasteiger partial charge is 0.158 e. The molecule has 0 aliphatic rings. The molecule has 0 unspecified atom stereocenters. The second-order valence-electron chi connectivity index (χ2n) is 3.66. The molecule has 6 heteroatoms. The van der Waals surface area contributed by atoms with Crippen LogP contribution >= 0.6 is 15.9 Å². The zero-order chi connectivity index (χ0) is 12.8. The Morgan fingerprint density at radius 3 is 2.50 bits per heavy atom. The van der Waals surface area contributed by atoms with Crippen molar-refractivity contribution in [3.63, 3.8) is 0 Å². The fourth-order valence-electron chi connectivity index (χ4n) is 1.36. The molecule has 0 saturated heterocycles. The van der Waals surface area contributed by atoms with Gasteiger partial charge >= 0.3 is 0 Å². The molecule has 0 aliphatic carbocycles. The van der Waals surface area contributed by atoms with E-state index in [0.29, 0.717) is 19.0 Å². The van der Waals surface area contributed by atoms with Crippen molar-refractivity contribution < 1.29 is 4.74 Å². The topological polar surface area (TPSA) is 73.1 Å². The summed E-state index contributed by atoms with van der Waals surface area (Å²) in [4.78, 5) is 8.21. The number of nitrogens with zero attached hydrogens (tertiary/aromatic N) is 2. The number of rotatable bonds is 5. The highest BCUT2D eigenvalue weighted by Crippen LogP contribution is 2.11. The number of hydrogen-bond acceptors (Lipinski definition) is 5.